The van der Waals surface area contributed by atoms with Crippen molar-refractivity contribution in [1.29, 1.82) is 0 Å². The Morgan fingerprint density at radius 1 is 1.37 bits per heavy atom. The SMILES string of the molecule is Cc1cc(C(=O)NCCC(C)CCC(=O)O)c(C)s1. The van der Waals surface area contributed by atoms with Crippen molar-refractivity contribution < 1.29 is 14.7 Å². The molecule has 1 heterocycles. The Hall–Kier alpha value is -1.36. The first kappa shape index (κ1) is 15.7. The van der Waals surface area contributed by atoms with Crippen LogP contribution in [0.1, 0.15) is 46.3 Å². The molecule has 0 aliphatic rings. The van der Waals surface area contributed by atoms with Gasteiger partial charge in [0.15, 0.2) is 0 Å². The summed E-state index contributed by atoms with van der Waals surface area (Å²) in [6.45, 7) is 6.54. The maximum absolute atomic E-state index is 11.9. The third kappa shape index (κ3) is 5.42. The van der Waals surface area contributed by atoms with Crippen LogP contribution in [0.4, 0.5) is 0 Å². The molecule has 0 aromatic carbocycles. The van der Waals surface area contributed by atoms with Crippen LogP contribution in [0.15, 0.2) is 6.07 Å². The fourth-order valence-electron chi connectivity index (χ4n) is 1.90. The Labute approximate surface area is 117 Å². The van der Waals surface area contributed by atoms with E-state index in [2.05, 4.69) is 5.32 Å². The first-order valence-corrected chi connectivity index (χ1v) is 7.28. The number of hydrogen-bond acceptors (Lipinski definition) is 3. The highest BCUT2D eigenvalue weighted by Gasteiger charge is 2.12. The van der Waals surface area contributed by atoms with Gasteiger partial charge >= 0.3 is 5.97 Å². The quantitative estimate of drug-likeness (QED) is 0.808. The molecule has 0 saturated heterocycles. The van der Waals surface area contributed by atoms with E-state index in [1.54, 1.807) is 11.3 Å². The predicted molar refractivity (Wildman–Crippen MR) is 76.8 cm³/mol. The molecule has 5 heteroatoms. The Balaban J connectivity index is 2.31. The van der Waals surface area contributed by atoms with E-state index in [-0.39, 0.29) is 12.3 Å². The minimum absolute atomic E-state index is 0.0349. The third-order valence-corrected chi connectivity index (χ3v) is 4.03. The number of nitrogens with one attached hydrogen (secondary N) is 1. The number of carboxylic acids is 1. The summed E-state index contributed by atoms with van der Waals surface area (Å²) in [4.78, 5) is 24.5. The fraction of sp³-hybridized carbons (Fsp3) is 0.571. The van der Waals surface area contributed by atoms with Crippen LogP contribution >= 0.6 is 11.3 Å². The Kier molecular flexibility index (Phi) is 6.02. The van der Waals surface area contributed by atoms with Gasteiger partial charge in [-0.3, -0.25) is 9.59 Å². The zero-order chi connectivity index (χ0) is 14.4. The van der Waals surface area contributed by atoms with Gasteiger partial charge in [-0.15, -0.1) is 11.3 Å². The summed E-state index contributed by atoms with van der Waals surface area (Å²) in [5.41, 5.74) is 0.751. The Morgan fingerprint density at radius 3 is 2.58 bits per heavy atom. The third-order valence-electron chi connectivity index (χ3n) is 3.06. The molecule has 2 N–H and O–H groups in total. The molecule has 1 atom stereocenters. The van der Waals surface area contributed by atoms with Crippen molar-refractivity contribution >= 4 is 23.2 Å². The average molecular weight is 283 g/mol. The number of aryl methyl sites for hydroxylation is 2. The van der Waals surface area contributed by atoms with Gasteiger partial charge in [0.2, 0.25) is 0 Å². The average Bonchev–Trinajstić information content (AvgIpc) is 2.65. The van der Waals surface area contributed by atoms with Crippen molar-refractivity contribution in [3.8, 4) is 0 Å². The molecule has 0 fully saturated rings. The molecule has 1 aromatic rings. The number of aliphatic carboxylic acids is 1. The molecule has 0 aliphatic carbocycles. The molecule has 106 valence electrons. The molecule has 0 bridgehead atoms. The van der Waals surface area contributed by atoms with Gasteiger partial charge < -0.3 is 10.4 Å². The number of hydrogen-bond donors (Lipinski definition) is 2. The van der Waals surface area contributed by atoms with Gasteiger partial charge in [0.1, 0.15) is 0 Å². The van der Waals surface area contributed by atoms with Crippen molar-refractivity contribution in [3.63, 3.8) is 0 Å². The maximum atomic E-state index is 11.9. The second-order valence-corrected chi connectivity index (χ2v) is 6.37. The fourth-order valence-corrected chi connectivity index (χ4v) is 2.82. The monoisotopic (exact) mass is 283 g/mol. The first-order chi connectivity index (χ1) is 8.90. The highest BCUT2D eigenvalue weighted by atomic mass is 32.1. The molecule has 0 saturated carbocycles. The molecular formula is C14H21NO3S. The number of amides is 1. The van der Waals surface area contributed by atoms with E-state index in [0.717, 1.165) is 21.7 Å². The molecule has 0 spiro atoms. The molecule has 1 amide bonds. The number of thiophene rings is 1. The van der Waals surface area contributed by atoms with Crippen LogP contribution in [0.3, 0.4) is 0 Å². The number of carboxylic acid groups (broad SMARTS) is 1. The largest absolute Gasteiger partial charge is 0.481 e. The van der Waals surface area contributed by atoms with Crippen LogP contribution in [0, 0.1) is 19.8 Å². The van der Waals surface area contributed by atoms with Crippen molar-refractivity contribution in [3.05, 3.63) is 21.4 Å². The summed E-state index contributed by atoms with van der Waals surface area (Å²) in [7, 11) is 0. The topological polar surface area (TPSA) is 66.4 Å². The smallest absolute Gasteiger partial charge is 0.303 e. The van der Waals surface area contributed by atoms with E-state index in [1.165, 1.54) is 0 Å². The molecule has 0 aliphatic heterocycles. The zero-order valence-corrected chi connectivity index (χ0v) is 12.5. The van der Waals surface area contributed by atoms with Gasteiger partial charge in [0, 0.05) is 22.7 Å². The standard InChI is InChI=1S/C14H21NO3S/c1-9(4-5-13(16)17)6-7-15-14(18)12-8-10(2)19-11(12)3/h8-9H,4-7H2,1-3H3,(H,15,18)(H,16,17). The minimum atomic E-state index is -0.764. The lowest BCUT2D eigenvalue weighted by atomic mass is 10.0. The van der Waals surface area contributed by atoms with Crippen LogP contribution in [0.25, 0.3) is 0 Å². The van der Waals surface area contributed by atoms with Gasteiger partial charge in [-0.25, -0.2) is 0 Å². The van der Waals surface area contributed by atoms with E-state index < -0.39 is 5.97 Å². The van der Waals surface area contributed by atoms with Crippen LogP contribution < -0.4 is 5.32 Å². The van der Waals surface area contributed by atoms with Gasteiger partial charge in [-0.1, -0.05) is 6.92 Å². The van der Waals surface area contributed by atoms with E-state index in [1.807, 2.05) is 26.8 Å². The molecule has 1 unspecified atom stereocenters. The summed E-state index contributed by atoms with van der Waals surface area (Å²) in [6, 6.07) is 1.91. The van der Waals surface area contributed by atoms with Gasteiger partial charge in [-0.05, 0) is 38.7 Å². The molecule has 19 heavy (non-hydrogen) atoms. The van der Waals surface area contributed by atoms with E-state index >= 15 is 0 Å². The van der Waals surface area contributed by atoms with Crippen molar-refractivity contribution in [2.45, 2.75) is 40.0 Å². The molecule has 1 aromatic heterocycles. The molecular weight excluding hydrogens is 262 g/mol. The van der Waals surface area contributed by atoms with Gasteiger partial charge in [0.05, 0.1) is 5.56 Å². The van der Waals surface area contributed by atoms with Crippen LogP contribution in [0.2, 0.25) is 0 Å². The van der Waals surface area contributed by atoms with Crippen LogP contribution in [0.5, 0.6) is 0 Å². The summed E-state index contributed by atoms with van der Waals surface area (Å²) < 4.78 is 0. The van der Waals surface area contributed by atoms with E-state index in [9.17, 15) is 9.59 Å². The van der Waals surface area contributed by atoms with Crippen molar-refractivity contribution in [2.75, 3.05) is 6.54 Å². The second-order valence-electron chi connectivity index (χ2n) is 4.91. The van der Waals surface area contributed by atoms with Crippen molar-refractivity contribution in [2.24, 2.45) is 5.92 Å². The summed E-state index contributed by atoms with van der Waals surface area (Å²) in [6.07, 6.45) is 1.65. The molecule has 4 nitrogen and oxygen atoms in total. The molecule has 1 rings (SSSR count). The number of carbonyl (C=O) groups is 2. The molecule has 0 radical (unpaired) electrons. The van der Waals surface area contributed by atoms with E-state index in [4.69, 9.17) is 5.11 Å². The maximum Gasteiger partial charge on any atom is 0.303 e. The van der Waals surface area contributed by atoms with Crippen LogP contribution in [-0.2, 0) is 4.79 Å². The lowest BCUT2D eigenvalue weighted by molar-refractivity contribution is -0.137. The summed E-state index contributed by atoms with van der Waals surface area (Å²) >= 11 is 1.62. The zero-order valence-electron chi connectivity index (χ0n) is 11.7. The highest BCUT2D eigenvalue weighted by molar-refractivity contribution is 7.12. The van der Waals surface area contributed by atoms with E-state index in [0.29, 0.717) is 18.9 Å². The number of carbonyl (C=O) groups excluding carboxylic acids is 1. The first-order valence-electron chi connectivity index (χ1n) is 6.47. The Bertz CT molecular complexity index is 454. The Morgan fingerprint density at radius 2 is 2.05 bits per heavy atom. The summed E-state index contributed by atoms with van der Waals surface area (Å²) in [5, 5.41) is 11.5. The van der Waals surface area contributed by atoms with Crippen molar-refractivity contribution in [1.82, 2.24) is 5.32 Å². The summed E-state index contributed by atoms with van der Waals surface area (Å²) in [5.74, 6) is -0.491. The van der Waals surface area contributed by atoms with Gasteiger partial charge in [0.25, 0.3) is 5.91 Å². The number of rotatable bonds is 7. The predicted octanol–water partition coefficient (Wildman–Crippen LogP) is 2.99. The van der Waals surface area contributed by atoms with Gasteiger partial charge in [-0.2, -0.15) is 0 Å². The lowest BCUT2D eigenvalue weighted by Gasteiger charge is -2.10. The normalized spacial score (nSPS) is 12.2. The van der Waals surface area contributed by atoms with Crippen LogP contribution in [-0.4, -0.2) is 23.5 Å². The second kappa shape index (κ2) is 7.28. The highest BCUT2D eigenvalue weighted by Crippen LogP contribution is 2.20. The lowest BCUT2D eigenvalue weighted by Crippen LogP contribution is -2.25. The minimum Gasteiger partial charge on any atom is -0.481 e.